The third-order valence-electron chi connectivity index (χ3n) is 3.03. The van der Waals surface area contributed by atoms with E-state index in [9.17, 15) is 13.2 Å². The Morgan fingerprint density at radius 3 is 2.76 bits per heavy atom. The summed E-state index contributed by atoms with van der Waals surface area (Å²) in [6, 6.07) is 3.63. The first-order valence-corrected chi connectivity index (χ1v) is 7.11. The van der Waals surface area contributed by atoms with Gasteiger partial charge in [-0.3, -0.25) is 4.68 Å². The smallest absolute Gasteiger partial charge is 0.314 e. The summed E-state index contributed by atoms with van der Waals surface area (Å²) in [6.45, 7) is 2.46. The van der Waals surface area contributed by atoms with Gasteiger partial charge in [0.15, 0.2) is 10.9 Å². The van der Waals surface area contributed by atoms with Crippen molar-refractivity contribution in [3.63, 3.8) is 0 Å². The number of hydrogen-bond acceptors (Lipinski definition) is 4. The topological polar surface area (TPSA) is 42.7 Å². The van der Waals surface area contributed by atoms with Gasteiger partial charge in [-0.05, 0) is 25.1 Å². The highest BCUT2D eigenvalue weighted by molar-refractivity contribution is 7.13. The summed E-state index contributed by atoms with van der Waals surface area (Å²) in [6.07, 6.45) is -2.76. The molecule has 0 spiro atoms. The maximum atomic E-state index is 12.9. The molecule has 4 nitrogen and oxygen atoms in total. The molecule has 0 radical (unpaired) electrons. The lowest BCUT2D eigenvalue weighted by atomic mass is 10.1. The minimum atomic E-state index is -4.37. The molecular weight excluding hydrogens is 301 g/mol. The van der Waals surface area contributed by atoms with E-state index < -0.39 is 11.7 Å². The van der Waals surface area contributed by atoms with Crippen molar-refractivity contribution in [2.45, 2.75) is 19.6 Å². The molecule has 1 N–H and O–H groups in total. The van der Waals surface area contributed by atoms with E-state index in [0.29, 0.717) is 28.4 Å². The highest BCUT2D eigenvalue weighted by Crippen LogP contribution is 2.34. The number of thiazole rings is 1. The number of aromatic nitrogens is 3. The van der Waals surface area contributed by atoms with E-state index in [-0.39, 0.29) is 0 Å². The zero-order chi connectivity index (χ0) is 15.0. The van der Waals surface area contributed by atoms with Gasteiger partial charge in [0.2, 0.25) is 0 Å². The quantitative estimate of drug-likeness (QED) is 0.785. The maximum absolute atomic E-state index is 12.9. The van der Waals surface area contributed by atoms with Crippen molar-refractivity contribution >= 4 is 33.2 Å². The molecule has 110 valence electrons. The Bertz CT molecular complexity index is 762. The van der Waals surface area contributed by atoms with Crippen LogP contribution in [-0.4, -0.2) is 14.8 Å². The van der Waals surface area contributed by atoms with Crippen LogP contribution in [0.1, 0.15) is 12.5 Å². The van der Waals surface area contributed by atoms with Gasteiger partial charge in [-0.1, -0.05) is 0 Å². The number of rotatable bonds is 3. The van der Waals surface area contributed by atoms with Gasteiger partial charge < -0.3 is 5.32 Å². The molecule has 0 aliphatic rings. The van der Waals surface area contributed by atoms with E-state index in [1.165, 1.54) is 17.4 Å². The summed E-state index contributed by atoms with van der Waals surface area (Å²) < 4.78 is 40.2. The average molecular weight is 312 g/mol. The van der Waals surface area contributed by atoms with Crippen LogP contribution in [0.15, 0.2) is 29.8 Å². The molecule has 0 saturated heterocycles. The molecule has 21 heavy (non-hydrogen) atoms. The molecule has 2 heterocycles. The number of hydrogen-bond donors (Lipinski definition) is 1. The predicted octanol–water partition coefficient (Wildman–Crippen LogP) is 4.28. The summed E-state index contributed by atoms with van der Waals surface area (Å²) in [5.74, 6) is 0.382. The van der Waals surface area contributed by atoms with Gasteiger partial charge in [-0.25, -0.2) is 4.98 Å². The second kappa shape index (κ2) is 5.03. The first kappa shape index (κ1) is 13.9. The van der Waals surface area contributed by atoms with Crippen LogP contribution in [0.5, 0.6) is 0 Å². The van der Waals surface area contributed by atoms with E-state index in [1.807, 2.05) is 6.92 Å². The van der Waals surface area contributed by atoms with Crippen LogP contribution in [0.2, 0.25) is 0 Å². The van der Waals surface area contributed by atoms with Crippen molar-refractivity contribution in [3.8, 4) is 0 Å². The Kier molecular flexibility index (Phi) is 3.32. The van der Waals surface area contributed by atoms with E-state index in [4.69, 9.17) is 0 Å². The number of alkyl halides is 3. The van der Waals surface area contributed by atoms with Crippen molar-refractivity contribution in [2.75, 3.05) is 5.32 Å². The van der Waals surface area contributed by atoms with Gasteiger partial charge in [0, 0.05) is 23.5 Å². The maximum Gasteiger partial charge on any atom is 0.416 e. The summed E-state index contributed by atoms with van der Waals surface area (Å²) in [5.41, 5.74) is -0.0302. The number of fused-ring (bicyclic) bond motifs is 1. The van der Waals surface area contributed by atoms with Gasteiger partial charge >= 0.3 is 6.18 Å². The van der Waals surface area contributed by atoms with Crippen LogP contribution < -0.4 is 5.32 Å². The Morgan fingerprint density at radius 2 is 2.14 bits per heavy atom. The Hall–Kier alpha value is -2.09. The Balaban J connectivity index is 2.13. The van der Waals surface area contributed by atoms with Crippen LogP contribution in [0.3, 0.4) is 0 Å². The van der Waals surface area contributed by atoms with Crippen LogP contribution in [0, 0.1) is 0 Å². The number of nitrogens with zero attached hydrogens (tertiary/aromatic N) is 3. The van der Waals surface area contributed by atoms with Gasteiger partial charge in [0.05, 0.1) is 11.1 Å². The lowest BCUT2D eigenvalue weighted by Crippen LogP contribution is -2.04. The third kappa shape index (κ3) is 2.58. The zero-order valence-electron chi connectivity index (χ0n) is 11.0. The Labute approximate surface area is 122 Å². The largest absolute Gasteiger partial charge is 0.416 e. The minimum absolute atomic E-state index is 0.382. The number of nitrogens with one attached hydrogen (secondary N) is 1. The summed E-state index contributed by atoms with van der Waals surface area (Å²) in [4.78, 5) is 4.06. The molecule has 0 fully saturated rings. The van der Waals surface area contributed by atoms with Crippen molar-refractivity contribution < 1.29 is 13.2 Å². The SMILES string of the molecule is CCn1nc(Nc2nccs2)c2cc(C(F)(F)F)ccc21. The van der Waals surface area contributed by atoms with Crippen LogP contribution in [0.25, 0.3) is 10.9 Å². The first-order valence-electron chi connectivity index (χ1n) is 6.23. The van der Waals surface area contributed by atoms with E-state index in [0.717, 1.165) is 12.1 Å². The van der Waals surface area contributed by atoms with E-state index in [2.05, 4.69) is 15.4 Å². The second-order valence-electron chi connectivity index (χ2n) is 4.36. The van der Waals surface area contributed by atoms with E-state index in [1.54, 1.807) is 16.3 Å². The second-order valence-corrected chi connectivity index (χ2v) is 5.25. The number of anilines is 2. The zero-order valence-corrected chi connectivity index (χ0v) is 11.8. The normalized spacial score (nSPS) is 12.0. The molecule has 2 aromatic heterocycles. The lowest BCUT2D eigenvalue weighted by Gasteiger charge is -2.07. The highest BCUT2D eigenvalue weighted by atomic mass is 32.1. The van der Waals surface area contributed by atoms with Gasteiger partial charge in [0.1, 0.15) is 0 Å². The number of benzene rings is 1. The molecule has 3 aromatic rings. The average Bonchev–Trinajstić information content (AvgIpc) is 3.06. The molecule has 0 saturated carbocycles. The van der Waals surface area contributed by atoms with E-state index >= 15 is 0 Å². The minimum Gasteiger partial charge on any atom is -0.314 e. The summed E-state index contributed by atoms with van der Waals surface area (Å²) >= 11 is 1.36. The third-order valence-corrected chi connectivity index (χ3v) is 3.72. The fourth-order valence-corrected chi connectivity index (χ4v) is 2.60. The molecule has 1 aromatic carbocycles. The van der Waals surface area contributed by atoms with Crippen molar-refractivity contribution in [1.29, 1.82) is 0 Å². The highest BCUT2D eigenvalue weighted by Gasteiger charge is 2.31. The number of aryl methyl sites for hydroxylation is 1. The molecule has 3 rings (SSSR count). The van der Waals surface area contributed by atoms with Crippen molar-refractivity contribution in [1.82, 2.24) is 14.8 Å². The number of halogens is 3. The fourth-order valence-electron chi connectivity index (χ4n) is 2.08. The van der Waals surface area contributed by atoms with Gasteiger partial charge in [-0.2, -0.15) is 18.3 Å². The molecule has 0 amide bonds. The monoisotopic (exact) mass is 312 g/mol. The first-order chi connectivity index (χ1) is 9.99. The summed E-state index contributed by atoms with van der Waals surface area (Å²) in [5, 5.41) is 10.1. The molecule has 0 unspecified atom stereocenters. The molecule has 0 aliphatic carbocycles. The molecule has 0 aliphatic heterocycles. The summed E-state index contributed by atoms with van der Waals surface area (Å²) in [7, 11) is 0. The van der Waals surface area contributed by atoms with Crippen LogP contribution in [0.4, 0.5) is 24.1 Å². The van der Waals surface area contributed by atoms with Crippen LogP contribution >= 0.6 is 11.3 Å². The Morgan fingerprint density at radius 1 is 1.33 bits per heavy atom. The molecular formula is C13H11F3N4S. The molecule has 0 atom stereocenters. The standard InChI is InChI=1S/C13H11F3N4S/c1-2-20-10-4-3-8(13(14,15)16)7-9(10)11(19-20)18-12-17-5-6-21-12/h3-7H,2H2,1H3,(H,17,18,19). The molecule has 8 heteroatoms. The van der Waals surface area contributed by atoms with Crippen molar-refractivity contribution in [2.24, 2.45) is 0 Å². The molecule has 0 bridgehead atoms. The lowest BCUT2D eigenvalue weighted by molar-refractivity contribution is -0.137. The van der Waals surface area contributed by atoms with Crippen LogP contribution in [-0.2, 0) is 12.7 Å². The predicted molar refractivity (Wildman–Crippen MR) is 75.8 cm³/mol. The van der Waals surface area contributed by atoms with Gasteiger partial charge in [0.25, 0.3) is 0 Å². The fraction of sp³-hybridized carbons (Fsp3) is 0.231. The van der Waals surface area contributed by atoms with Gasteiger partial charge in [-0.15, -0.1) is 11.3 Å². The van der Waals surface area contributed by atoms with Crippen molar-refractivity contribution in [3.05, 3.63) is 35.3 Å².